The molecule has 5 nitrogen and oxygen atoms in total. The first kappa shape index (κ1) is 15.2. The summed E-state index contributed by atoms with van der Waals surface area (Å²) >= 11 is 0. The summed E-state index contributed by atoms with van der Waals surface area (Å²) in [6.45, 7) is 2.35. The molecule has 1 saturated heterocycles. The van der Waals surface area contributed by atoms with Gasteiger partial charge in [-0.15, -0.1) is 0 Å². The van der Waals surface area contributed by atoms with E-state index in [1.54, 1.807) is 23.4 Å². The van der Waals surface area contributed by atoms with Crippen molar-refractivity contribution < 1.29 is 9.59 Å². The average Bonchev–Trinajstić information content (AvgIpc) is 2.98. The number of benzene rings is 1. The highest BCUT2D eigenvalue weighted by Gasteiger charge is 2.35. The van der Waals surface area contributed by atoms with Crippen LogP contribution in [-0.2, 0) is 9.59 Å². The van der Waals surface area contributed by atoms with Gasteiger partial charge in [-0.05, 0) is 24.6 Å². The molecule has 1 fully saturated rings. The monoisotopic (exact) mass is 309 g/mol. The van der Waals surface area contributed by atoms with Gasteiger partial charge in [-0.1, -0.05) is 30.3 Å². The number of aromatic nitrogens is 1. The molecule has 0 saturated carbocycles. The van der Waals surface area contributed by atoms with Crippen molar-refractivity contribution in [2.24, 2.45) is 5.92 Å². The largest absolute Gasteiger partial charge is 0.349 e. The molecule has 2 amide bonds. The lowest BCUT2D eigenvalue weighted by atomic mass is 10.1. The van der Waals surface area contributed by atoms with Crippen molar-refractivity contribution in [2.45, 2.75) is 19.4 Å². The number of carbonyl (C=O) groups excluding carboxylic acids is 2. The van der Waals surface area contributed by atoms with E-state index in [2.05, 4.69) is 10.3 Å². The van der Waals surface area contributed by atoms with Crippen LogP contribution in [0.2, 0.25) is 0 Å². The number of carbonyl (C=O) groups is 2. The highest BCUT2D eigenvalue weighted by molar-refractivity contribution is 6.00. The molecule has 2 heterocycles. The third-order valence-corrected chi connectivity index (χ3v) is 4.11. The second kappa shape index (κ2) is 6.60. The second-order valence-corrected chi connectivity index (χ2v) is 5.76. The maximum Gasteiger partial charge on any atom is 0.227 e. The van der Waals surface area contributed by atoms with Gasteiger partial charge in [0.05, 0.1) is 23.8 Å². The van der Waals surface area contributed by atoms with E-state index in [1.165, 1.54) is 0 Å². The van der Waals surface area contributed by atoms with Gasteiger partial charge >= 0.3 is 0 Å². The lowest BCUT2D eigenvalue weighted by molar-refractivity contribution is -0.126. The van der Waals surface area contributed by atoms with Gasteiger partial charge in [0.1, 0.15) is 0 Å². The van der Waals surface area contributed by atoms with Crippen LogP contribution in [0, 0.1) is 5.92 Å². The number of rotatable bonds is 4. The average molecular weight is 309 g/mol. The van der Waals surface area contributed by atoms with Crippen molar-refractivity contribution in [3.05, 3.63) is 60.4 Å². The summed E-state index contributed by atoms with van der Waals surface area (Å²) < 4.78 is 0. The Labute approximate surface area is 135 Å². The van der Waals surface area contributed by atoms with Gasteiger partial charge in [0.15, 0.2) is 0 Å². The molecule has 23 heavy (non-hydrogen) atoms. The Morgan fingerprint density at radius 1 is 1.26 bits per heavy atom. The van der Waals surface area contributed by atoms with Crippen LogP contribution in [0.3, 0.4) is 0 Å². The van der Waals surface area contributed by atoms with Crippen LogP contribution in [0.15, 0.2) is 54.9 Å². The maximum absolute atomic E-state index is 12.4. The van der Waals surface area contributed by atoms with Crippen LogP contribution in [0.1, 0.15) is 24.9 Å². The molecule has 0 radical (unpaired) electrons. The number of hydrogen-bond acceptors (Lipinski definition) is 3. The van der Waals surface area contributed by atoms with Crippen LogP contribution < -0.4 is 10.2 Å². The molecule has 2 aromatic rings. The highest BCUT2D eigenvalue weighted by atomic mass is 16.2. The Hall–Kier alpha value is -2.69. The number of anilines is 1. The summed E-state index contributed by atoms with van der Waals surface area (Å²) in [5, 5.41) is 3.00. The van der Waals surface area contributed by atoms with Crippen molar-refractivity contribution in [1.82, 2.24) is 10.3 Å². The first-order chi connectivity index (χ1) is 11.1. The van der Waals surface area contributed by atoms with E-state index >= 15 is 0 Å². The molecule has 0 spiro atoms. The van der Waals surface area contributed by atoms with Gasteiger partial charge in [-0.2, -0.15) is 0 Å². The molecular formula is C18H19N3O2. The zero-order valence-electron chi connectivity index (χ0n) is 13.0. The van der Waals surface area contributed by atoms with E-state index in [9.17, 15) is 9.59 Å². The molecule has 3 rings (SSSR count). The fraction of sp³-hybridized carbons (Fsp3) is 0.278. The van der Waals surface area contributed by atoms with Gasteiger partial charge in [-0.3, -0.25) is 14.6 Å². The minimum Gasteiger partial charge on any atom is -0.349 e. The van der Waals surface area contributed by atoms with Gasteiger partial charge in [0.25, 0.3) is 0 Å². The standard InChI is InChI=1S/C18H19N3O2/c1-13(14-6-3-2-4-7-14)20-18(23)15-10-17(22)21(12-15)16-8-5-9-19-11-16/h2-9,11,13,15H,10,12H2,1H3,(H,20,23). The van der Waals surface area contributed by atoms with Gasteiger partial charge in [0, 0.05) is 19.2 Å². The Bertz CT molecular complexity index is 688. The summed E-state index contributed by atoms with van der Waals surface area (Å²) in [6.07, 6.45) is 3.54. The lowest BCUT2D eigenvalue weighted by Gasteiger charge is -2.18. The summed E-state index contributed by atoms with van der Waals surface area (Å²) in [6, 6.07) is 13.3. The van der Waals surface area contributed by atoms with Crippen LogP contribution in [0.25, 0.3) is 0 Å². The minimum absolute atomic E-state index is 0.0366. The van der Waals surface area contributed by atoms with E-state index in [0.29, 0.717) is 6.54 Å². The summed E-state index contributed by atoms with van der Waals surface area (Å²) in [7, 11) is 0. The normalized spacial score (nSPS) is 18.7. The first-order valence-electron chi connectivity index (χ1n) is 7.71. The third kappa shape index (κ3) is 3.39. The molecule has 118 valence electrons. The quantitative estimate of drug-likeness (QED) is 0.942. The predicted octanol–water partition coefficient (Wildman–Crippen LogP) is 2.31. The Morgan fingerprint density at radius 2 is 2.04 bits per heavy atom. The molecule has 0 aliphatic carbocycles. The Kier molecular flexibility index (Phi) is 4.37. The second-order valence-electron chi connectivity index (χ2n) is 5.76. The molecule has 1 aromatic carbocycles. The molecule has 2 unspecified atom stereocenters. The molecule has 5 heteroatoms. The van der Waals surface area contributed by atoms with E-state index in [4.69, 9.17) is 0 Å². The van der Waals surface area contributed by atoms with Gasteiger partial charge in [-0.25, -0.2) is 0 Å². The van der Waals surface area contributed by atoms with E-state index in [0.717, 1.165) is 11.3 Å². The van der Waals surface area contributed by atoms with E-state index in [1.807, 2.05) is 43.3 Å². The molecule has 0 bridgehead atoms. The minimum atomic E-state index is -0.325. The van der Waals surface area contributed by atoms with Crippen molar-refractivity contribution in [2.75, 3.05) is 11.4 Å². The predicted molar refractivity (Wildman–Crippen MR) is 87.7 cm³/mol. The molecule has 1 aliphatic rings. The summed E-state index contributed by atoms with van der Waals surface area (Å²) in [5.74, 6) is -0.444. The molecule has 1 N–H and O–H groups in total. The van der Waals surface area contributed by atoms with Crippen molar-refractivity contribution in [3.63, 3.8) is 0 Å². The van der Waals surface area contributed by atoms with Crippen LogP contribution in [0.5, 0.6) is 0 Å². The molecule has 2 atom stereocenters. The van der Waals surface area contributed by atoms with Crippen molar-refractivity contribution in [3.8, 4) is 0 Å². The number of nitrogens with zero attached hydrogens (tertiary/aromatic N) is 2. The first-order valence-corrected chi connectivity index (χ1v) is 7.71. The Morgan fingerprint density at radius 3 is 2.74 bits per heavy atom. The van der Waals surface area contributed by atoms with E-state index < -0.39 is 0 Å². The number of pyridine rings is 1. The van der Waals surface area contributed by atoms with Gasteiger partial charge in [0.2, 0.25) is 11.8 Å². The lowest BCUT2D eigenvalue weighted by Crippen LogP contribution is -2.34. The number of amides is 2. The van der Waals surface area contributed by atoms with Crippen molar-refractivity contribution >= 4 is 17.5 Å². The van der Waals surface area contributed by atoms with Crippen LogP contribution in [0.4, 0.5) is 5.69 Å². The zero-order chi connectivity index (χ0) is 16.2. The maximum atomic E-state index is 12.4. The van der Waals surface area contributed by atoms with Crippen LogP contribution >= 0.6 is 0 Å². The number of hydrogen-bond donors (Lipinski definition) is 1. The van der Waals surface area contributed by atoms with E-state index in [-0.39, 0.29) is 30.2 Å². The Balaban J connectivity index is 1.64. The SMILES string of the molecule is CC(NC(=O)C1CC(=O)N(c2cccnc2)C1)c1ccccc1. The van der Waals surface area contributed by atoms with Crippen LogP contribution in [-0.4, -0.2) is 23.3 Å². The zero-order valence-corrected chi connectivity index (χ0v) is 13.0. The topological polar surface area (TPSA) is 62.3 Å². The fourth-order valence-corrected chi connectivity index (χ4v) is 2.80. The molecule has 1 aliphatic heterocycles. The number of nitrogens with one attached hydrogen (secondary N) is 1. The smallest absolute Gasteiger partial charge is 0.227 e. The van der Waals surface area contributed by atoms with Gasteiger partial charge < -0.3 is 10.2 Å². The summed E-state index contributed by atoms with van der Waals surface area (Å²) in [5.41, 5.74) is 1.79. The highest BCUT2D eigenvalue weighted by Crippen LogP contribution is 2.25. The fourth-order valence-electron chi connectivity index (χ4n) is 2.80. The van der Waals surface area contributed by atoms with Crippen molar-refractivity contribution in [1.29, 1.82) is 0 Å². The molecule has 1 aromatic heterocycles. The third-order valence-electron chi connectivity index (χ3n) is 4.11. The summed E-state index contributed by atoms with van der Waals surface area (Å²) in [4.78, 5) is 30.3. The molecular weight excluding hydrogens is 290 g/mol.